The SMILES string of the molecule is COc1cc2c(cc1OC)C1CC(OC(=O)N3CCOC3)C(CC(C)C)CN1CC2. The first-order valence-electron chi connectivity index (χ1n) is 11.0. The molecule has 166 valence electrons. The van der Waals surface area contributed by atoms with Crippen LogP contribution in [-0.2, 0) is 15.9 Å². The Hall–Kier alpha value is -1.99. The van der Waals surface area contributed by atoms with Crippen molar-refractivity contribution in [3.8, 4) is 11.5 Å². The third-order valence-electron chi connectivity index (χ3n) is 6.60. The molecule has 0 spiro atoms. The van der Waals surface area contributed by atoms with Gasteiger partial charge in [0.1, 0.15) is 12.8 Å². The Morgan fingerprint density at radius 2 is 1.97 bits per heavy atom. The van der Waals surface area contributed by atoms with E-state index in [9.17, 15) is 4.79 Å². The molecule has 1 aromatic carbocycles. The normalized spacial score (nSPS) is 26.3. The van der Waals surface area contributed by atoms with Gasteiger partial charge in [0.2, 0.25) is 0 Å². The van der Waals surface area contributed by atoms with E-state index >= 15 is 0 Å². The summed E-state index contributed by atoms with van der Waals surface area (Å²) < 4.78 is 22.5. The monoisotopic (exact) mass is 418 g/mol. The summed E-state index contributed by atoms with van der Waals surface area (Å²) in [5, 5.41) is 0. The molecule has 0 saturated carbocycles. The highest BCUT2D eigenvalue weighted by molar-refractivity contribution is 5.68. The van der Waals surface area contributed by atoms with Crippen LogP contribution in [0.5, 0.6) is 11.5 Å². The van der Waals surface area contributed by atoms with E-state index in [0.717, 1.165) is 43.9 Å². The Bertz CT molecular complexity index is 762. The van der Waals surface area contributed by atoms with Crippen molar-refractivity contribution in [3.63, 3.8) is 0 Å². The smallest absolute Gasteiger partial charge is 0.411 e. The fourth-order valence-corrected chi connectivity index (χ4v) is 5.14. The summed E-state index contributed by atoms with van der Waals surface area (Å²) in [7, 11) is 3.35. The number of piperidine rings is 1. The largest absolute Gasteiger partial charge is 0.493 e. The Balaban J connectivity index is 1.58. The first-order valence-corrected chi connectivity index (χ1v) is 11.0. The van der Waals surface area contributed by atoms with E-state index in [1.165, 1.54) is 11.1 Å². The Morgan fingerprint density at radius 1 is 1.20 bits per heavy atom. The van der Waals surface area contributed by atoms with Crippen LogP contribution in [-0.4, -0.2) is 69.2 Å². The molecule has 4 rings (SSSR count). The molecular formula is C23H34N2O5. The summed E-state index contributed by atoms with van der Waals surface area (Å²) in [5.41, 5.74) is 2.57. The van der Waals surface area contributed by atoms with Gasteiger partial charge in [0.05, 0.1) is 20.8 Å². The van der Waals surface area contributed by atoms with Crippen LogP contribution in [0.1, 0.15) is 43.9 Å². The van der Waals surface area contributed by atoms with Crippen LogP contribution in [0.15, 0.2) is 12.1 Å². The van der Waals surface area contributed by atoms with Gasteiger partial charge in [0.15, 0.2) is 11.5 Å². The molecule has 0 bridgehead atoms. The van der Waals surface area contributed by atoms with Crippen LogP contribution < -0.4 is 9.47 Å². The maximum atomic E-state index is 12.7. The standard InChI is InChI=1S/C23H34N2O5/c1-15(2)9-17-13-24-6-5-16-10-21(27-3)22(28-4)11-18(16)19(24)12-20(17)30-23(26)25-7-8-29-14-25/h10-11,15,17,19-20H,5-9,12-14H2,1-4H3. The molecule has 3 aliphatic rings. The molecule has 0 radical (unpaired) electrons. The predicted octanol–water partition coefficient (Wildman–Crippen LogP) is 3.46. The number of methoxy groups -OCH3 is 2. The minimum atomic E-state index is -0.247. The van der Waals surface area contributed by atoms with E-state index in [1.54, 1.807) is 19.1 Å². The molecule has 7 heteroatoms. The average molecular weight is 419 g/mol. The average Bonchev–Trinajstić information content (AvgIpc) is 3.27. The topological polar surface area (TPSA) is 60.5 Å². The van der Waals surface area contributed by atoms with Crippen LogP contribution in [0.2, 0.25) is 0 Å². The molecule has 0 aliphatic carbocycles. The summed E-state index contributed by atoms with van der Waals surface area (Å²) in [6.45, 7) is 7.96. The van der Waals surface area contributed by atoms with Gasteiger partial charge >= 0.3 is 6.09 Å². The number of amides is 1. The van der Waals surface area contributed by atoms with Crippen LogP contribution in [0, 0.1) is 11.8 Å². The van der Waals surface area contributed by atoms with Gasteiger partial charge in [-0.3, -0.25) is 9.80 Å². The number of fused-ring (bicyclic) bond motifs is 3. The number of ether oxygens (including phenoxy) is 4. The van der Waals surface area contributed by atoms with Gasteiger partial charge in [-0.1, -0.05) is 13.8 Å². The number of nitrogens with zero attached hydrogens (tertiary/aromatic N) is 2. The van der Waals surface area contributed by atoms with Gasteiger partial charge < -0.3 is 18.9 Å². The van der Waals surface area contributed by atoms with Crippen molar-refractivity contribution in [2.24, 2.45) is 11.8 Å². The van der Waals surface area contributed by atoms with Crippen molar-refractivity contribution in [2.45, 2.75) is 45.3 Å². The second kappa shape index (κ2) is 9.02. The third kappa shape index (κ3) is 4.23. The number of carbonyl (C=O) groups excluding carboxylic acids is 1. The van der Waals surface area contributed by atoms with Crippen molar-refractivity contribution in [2.75, 3.05) is 47.2 Å². The van der Waals surface area contributed by atoms with Crippen molar-refractivity contribution < 1.29 is 23.7 Å². The molecule has 1 amide bonds. The summed E-state index contributed by atoms with van der Waals surface area (Å²) in [5.74, 6) is 2.43. The molecule has 3 aliphatic heterocycles. The minimum absolute atomic E-state index is 0.0965. The van der Waals surface area contributed by atoms with Gasteiger partial charge in [-0.05, 0) is 42.0 Å². The first-order chi connectivity index (χ1) is 14.5. The molecule has 2 fully saturated rings. The van der Waals surface area contributed by atoms with Gasteiger partial charge in [-0.2, -0.15) is 0 Å². The lowest BCUT2D eigenvalue weighted by Gasteiger charge is -2.47. The second-order valence-electron chi connectivity index (χ2n) is 9.02. The van der Waals surface area contributed by atoms with Crippen molar-refractivity contribution in [1.29, 1.82) is 0 Å². The lowest BCUT2D eigenvalue weighted by atomic mass is 9.79. The highest BCUT2D eigenvalue weighted by Crippen LogP contribution is 2.44. The molecule has 0 aromatic heterocycles. The van der Waals surface area contributed by atoms with E-state index in [0.29, 0.717) is 31.7 Å². The van der Waals surface area contributed by atoms with E-state index in [2.05, 4.69) is 30.9 Å². The van der Waals surface area contributed by atoms with Gasteiger partial charge in [0, 0.05) is 38.0 Å². The van der Waals surface area contributed by atoms with Crippen molar-refractivity contribution >= 4 is 6.09 Å². The Labute approximate surface area is 179 Å². The molecule has 3 unspecified atom stereocenters. The summed E-state index contributed by atoms with van der Waals surface area (Å²) in [4.78, 5) is 16.9. The maximum absolute atomic E-state index is 12.7. The predicted molar refractivity (Wildman–Crippen MR) is 113 cm³/mol. The highest BCUT2D eigenvalue weighted by Gasteiger charge is 2.41. The lowest BCUT2D eigenvalue weighted by Crippen LogP contribution is -2.50. The summed E-state index contributed by atoms with van der Waals surface area (Å²) >= 11 is 0. The number of hydrogen-bond acceptors (Lipinski definition) is 6. The molecule has 2 saturated heterocycles. The molecule has 7 nitrogen and oxygen atoms in total. The van der Waals surface area contributed by atoms with Crippen molar-refractivity contribution in [3.05, 3.63) is 23.3 Å². The molecule has 30 heavy (non-hydrogen) atoms. The van der Waals surface area contributed by atoms with Crippen LogP contribution in [0.4, 0.5) is 4.79 Å². The van der Waals surface area contributed by atoms with E-state index in [-0.39, 0.29) is 18.2 Å². The van der Waals surface area contributed by atoms with E-state index in [4.69, 9.17) is 18.9 Å². The first kappa shape index (κ1) is 21.2. The molecule has 0 N–H and O–H groups in total. The number of carbonyl (C=O) groups is 1. The quantitative estimate of drug-likeness (QED) is 0.730. The van der Waals surface area contributed by atoms with Gasteiger partial charge in [-0.25, -0.2) is 4.79 Å². The van der Waals surface area contributed by atoms with Gasteiger partial charge in [0.25, 0.3) is 0 Å². The number of benzene rings is 1. The molecule has 3 heterocycles. The van der Waals surface area contributed by atoms with Crippen LogP contribution in [0.3, 0.4) is 0 Å². The fourth-order valence-electron chi connectivity index (χ4n) is 5.14. The zero-order valence-electron chi connectivity index (χ0n) is 18.6. The minimum Gasteiger partial charge on any atom is -0.493 e. The van der Waals surface area contributed by atoms with E-state index in [1.807, 2.05) is 0 Å². The van der Waals surface area contributed by atoms with Crippen molar-refractivity contribution in [1.82, 2.24) is 9.80 Å². The van der Waals surface area contributed by atoms with Crippen LogP contribution >= 0.6 is 0 Å². The van der Waals surface area contributed by atoms with E-state index < -0.39 is 0 Å². The van der Waals surface area contributed by atoms with Crippen LogP contribution in [0.25, 0.3) is 0 Å². The maximum Gasteiger partial charge on any atom is 0.411 e. The number of hydrogen-bond donors (Lipinski definition) is 0. The Morgan fingerprint density at radius 3 is 2.63 bits per heavy atom. The number of rotatable bonds is 5. The zero-order valence-corrected chi connectivity index (χ0v) is 18.6. The highest BCUT2D eigenvalue weighted by atomic mass is 16.6. The summed E-state index contributed by atoms with van der Waals surface area (Å²) in [6.07, 6.45) is 2.51. The zero-order chi connectivity index (χ0) is 21.3. The molecule has 1 aromatic rings. The fraction of sp³-hybridized carbons (Fsp3) is 0.696. The summed E-state index contributed by atoms with van der Waals surface area (Å²) in [6, 6.07) is 4.44. The Kier molecular flexibility index (Phi) is 6.39. The lowest BCUT2D eigenvalue weighted by molar-refractivity contribution is -0.0403. The van der Waals surface area contributed by atoms with Gasteiger partial charge in [-0.15, -0.1) is 0 Å². The second-order valence-corrected chi connectivity index (χ2v) is 9.02. The molecule has 3 atom stereocenters. The molecular weight excluding hydrogens is 384 g/mol. The third-order valence-corrected chi connectivity index (χ3v) is 6.60.